The van der Waals surface area contributed by atoms with E-state index in [-0.39, 0.29) is 11.7 Å². The van der Waals surface area contributed by atoms with Gasteiger partial charge in [0.1, 0.15) is 0 Å². The van der Waals surface area contributed by atoms with Crippen molar-refractivity contribution in [3.8, 4) is 0 Å². The molecular weight excluding hydrogens is 304 g/mol. The fourth-order valence-electron chi connectivity index (χ4n) is 3.82. The highest BCUT2D eigenvalue weighted by Gasteiger charge is 2.40. The second kappa shape index (κ2) is 6.64. The van der Waals surface area contributed by atoms with Crippen LogP contribution in [0.3, 0.4) is 0 Å². The average Bonchev–Trinajstić information content (AvgIpc) is 3.12. The molecule has 6 heteroatoms. The molecule has 0 spiro atoms. The minimum Gasteiger partial charge on any atom is -0.456 e. The molecule has 1 amide bonds. The van der Waals surface area contributed by atoms with Crippen molar-refractivity contribution in [3.63, 3.8) is 0 Å². The number of rotatable bonds is 5. The Bertz CT molecular complexity index is 620. The fourth-order valence-corrected chi connectivity index (χ4v) is 3.82. The molecule has 0 radical (unpaired) electrons. The Kier molecular flexibility index (Phi) is 4.59. The number of carbonyl (C=O) groups is 2. The van der Waals surface area contributed by atoms with Crippen LogP contribution in [-0.2, 0) is 14.3 Å². The lowest BCUT2D eigenvalue weighted by Crippen LogP contribution is -2.23. The summed E-state index contributed by atoms with van der Waals surface area (Å²) < 4.78 is 30.8. The Morgan fingerprint density at radius 3 is 2.65 bits per heavy atom. The third-order valence-electron chi connectivity index (χ3n) is 4.88. The molecule has 2 saturated carbocycles. The lowest BCUT2D eigenvalue weighted by atomic mass is 9.86. The Morgan fingerprint density at radius 2 is 2.00 bits per heavy atom. The molecule has 1 aromatic carbocycles. The third kappa shape index (κ3) is 3.86. The van der Waals surface area contributed by atoms with Crippen molar-refractivity contribution < 1.29 is 23.1 Å². The normalized spacial score (nSPS) is 25.4. The first-order valence-electron chi connectivity index (χ1n) is 7.92. The number of anilines is 1. The van der Waals surface area contributed by atoms with E-state index in [1.807, 2.05) is 0 Å². The maximum absolute atomic E-state index is 13.0. The lowest BCUT2D eigenvalue weighted by Gasteiger charge is -2.20. The average molecular weight is 323 g/mol. The van der Waals surface area contributed by atoms with Crippen molar-refractivity contribution in [2.75, 3.05) is 11.9 Å². The van der Waals surface area contributed by atoms with E-state index >= 15 is 0 Å². The topological polar surface area (TPSA) is 55.4 Å². The fraction of sp³-hybridized carbons (Fsp3) is 0.529. The van der Waals surface area contributed by atoms with E-state index < -0.39 is 24.1 Å². The van der Waals surface area contributed by atoms with Crippen molar-refractivity contribution >= 4 is 17.6 Å². The zero-order chi connectivity index (χ0) is 16.4. The van der Waals surface area contributed by atoms with E-state index in [1.54, 1.807) is 0 Å². The molecule has 124 valence electrons. The van der Waals surface area contributed by atoms with Crippen molar-refractivity contribution in [1.29, 1.82) is 0 Å². The van der Waals surface area contributed by atoms with Gasteiger partial charge in [0.2, 0.25) is 0 Å². The Balaban J connectivity index is 1.41. The highest BCUT2D eigenvalue weighted by molar-refractivity contribution is 5.92. The molecule has 0 heterocycles. The molecular formula is C17H19F2NO3. The van der Waals surface area contributed by atoms with E-state index in [2.05, 4.69) is 5.32 Å². The van der Waals surface area contributed by atoms with E-state index in [0.29, 0.717) is 18.3 Å². The predicted octanol–water partition coefficient (Wildman–Crippen LogP) is 3.27. The number of benzene rings is 1. The quantitative estimate of drug-likeness (QED) is 0.846. The summed E-state index contributed by atoms with van der Waals surface area (Å²) in [5.41, 5.74) is 0.123. The molecule has 4 nitrogen and oxygen atoms in total. The van der Waals surface area contributed by atoms with Crippen LogP contribution in [0, 0.1) is 29.4 Å². The number of amides is 1. The second-order valence-electron chi connectivity index (χ2n) is 6.48. The molecule has 3 atom stereocenters. The highest BCUT2D eigenvalue weighted by Crippen LogP contribution is 2.49. The lowest BCUT2D eigenvalue weighted by molar-refractivity contribution is -0.148. The van der Waals surface area contributed by atoms with Crippen LogP contribution >= 0.6 is 0 Å². The van der Waals surface area contributed by atoms with E-state index in [4.69, 9.17) is 4.74 Å². The Hall–Kier alpha value is -1.98. The summed E-state index contributed by atoms with van der Waals surface area (Å²) in [6.45, 7) is -0.418. The zero-order valence-electron chi connectivity index (χ0n) is 12.7. The van der Waals surface area contributed by atoms with Crippen LogP contribution in [0.25, 0.3) is 0 Å². The van der Waals surface area contributed by atoms with Gasteiger partial charge in [0.15, 0.2) is 18.2 Å². The van der Waals surface area contributed by atoms with Crippen LogP contribution < -0.4 is 5.32 Å². The van der Waals surface area contributed by atoms with Gasteiger partial charge in [-0.15, -0.1) is 0 Å². The number of nitrogens with one attached hydrogen (secondary N) is 1. The van der Waals surface area contributed by atoms with Crippen LogP contribution in [0.4, 0.5) is 14.5 Å². The van der Waals surface area contributed by atoms with Crippen molar-refractivity contribution in [2.45, 2.75) is 32.1 Å². The van der Waals surface area contributed by atoms with Gasteiger partial charge < -0.3 is 10.1 Å². The standard InChI is InChI=1S/C17H19F2NO3/c18-14-4-3-13(8-15(14)19)20-16(21)9-23-17(22)7-12-6-10-1-2-11(12)5-10/h3-4,8,10-12H,1-2,5-7,9H2,(H,20,21)/t10-,11+,12+/m0/s1. The summed E-state index contributed by atoms with van der Waals surface area (Å²) in [6, 6.07) is 3.05. The summed E-state index contributed by atoms with van der Waals surface area (Å²) in [7, 11) is 0. The molecule has 2 bridgehead atoms. The van der Waals surface area contributed by atoms with Gasteiger partial charge in [0.05, 0.1) is 0 Å². The molecule has 1 N–H and O–H groups in total. The molecule has 2 fully saturated rings. The van der Waals surface area contributed by atoms with Crippen LogP contribution in [-0.4, -0.2) is 18.5 Å². The largest absolute Gasteiger partial charge is 0.456 e. The second-order valence-corrected chi connectivity index (χ2v) is 6.48. The highest BCUT2D eigenvalue weighted by atomic mass is 19.2. The first kappa shape index (κ1) is 15.9. The summed E-state index contributed by atoms with van der Waals surface area (Å²) >= 11 is 0. The van der Waals surface area contributed by atoms with E-state index in [9.17, 15) is 18.4 Å². The number of hydrogen-bond acceptors (Lipinski definition) is 3. The number of esters is 1. The molecule has 0 saturated heterocycles. The first-order valence-corrected chi connectivity index (χ1v) is 7.92. The predicted molar refractivity (Wildman–Crippen MR) is 79.5 cm³/mol. The summed E-state index contributed by atoms with van der Waals surface area (Å²) in [4.78, 5) is 23.5. The van der Waals surface area contributed by atoms with Gasteiger partial charge in [-0.05, 0) is 49.1 Å². The van der Waals surface area contributed by atoms with Crippen molar-refractivity contribution in [3.05, 3.63) is 29.8 Å². The number of hydrogen-bond donors (Lipinski definition) is 1. The maximum atomic E-state index is 13.0. The number of ether oxygens (including phenoxy) is 1. The molecule has 0 aliphatic heterocycles. The van der Waals surface area contributed by atoms with E-state index in [1.165, 1.54) is 25.3 Å². The smallest absolute Gasteiger partial charge is 0.306 e. The third-order valence-corrected chi connectivity index (χ3v) is 4.88. The monoisotopic (exact) mass is 323 g/mol. The number of halogens is 2. The van der Waals surface area contributed by atoms with Crippen molar-refractivity contribution in [2.24, 2.45) is 17.8 Å². The SMILES string of the molecule is O=C(COC(=O)C[C@H]1C[C@H]2CC[C@@H]1C2)Nc1ccc(F)c(F)c1. The summed E-state index contributed by atoms with van der Waals surface area (Å²) in [6.07, 6.45) is 5.13. The van der Waals surface area contributed by atoms with Gasteiger partial charge in [0, 0.05) is 18.2 Å². The van der Waals surface area contributed by atoms with E-state index in [0.717, 1.165) is 24.5 Å². The minimum atomic E-state index is -1.05. The molecule has 23 heavy (non-hydrogen) atoms. The zero-order valence-corrected chi connectivity index (χ0v) is 12.7. The van der Waals surface area contributed by atoms with Gasteiger partial charge in [-0.1, -0.05) is 6.42 Å². The van der Waals surface area contributed by atoms with Crippen LogP contribution in [0.2, 0.25) is 0 Å². The van der Waals surface area contributed by atoms with Gasteiger partial charge >= 0.3 is 5.97 Å². The Labute approximate surface area is 133 Å². The summed E-state index contributed by atoms with van der Waals surface area (Å²) in [5.74, 6) is -1.20. The van der Waals surface area contributed by atoms with Gasteiger partial charge in [-0.2, -0.15) is 0 Å². The Morgan fingerprint density at radius 1 is 1.17 bits per heavy atom. The minimum absolute atomic E-state index is 0.123. The molecule has 1 aromatic rings. The van der Waals surface area contributed by atoms with Crippen LogP contribution in [0.1, 0.15) is 32.1 Å². The van der Waals surface area contributed by atoms with Gasteiger partial charge in [-0.25, -0.2) is 8.78 Å². The summed E-state index contributed by atoms with van der Waals surface area (Å²) in [5, 5.41) is 2.36. The van der Waals surface area contributed by atoms with Gasteiger partial charge in [-0.3, -0.25) is 9.59 Å². The van der Waals surface area contributed by atoms with Gasteiger partial charge in [0.25, 0.3) is 5.91 Å². The molecule has 3 rings (SSSR count). The molecule has 0 aromatic heterocycles. The molecule has 0 unspecified atom stereocenters. The number of carbonyl (C=O) groups excluding carboxylic acids is 2. The van der Waals surface area contributed by atoms with Crippen LogP contribution in [0.15, 0.2) is 18.2 Å². The van der Waals surface area contributed by atoms with Crippen molar-refractivity contribution in [1.82, 2.24) is 0 Å². The molecule has 2 aliphatic carbocycles. The first-order chi connectivity index (χ1) is 11.0. The number of fused-ring (bicyclic) bond motifs is 2. The maximum Gasteiger partial charge on any atom is 0.306 e. The van der Waals surface area contributed by atoms with Crippen LogP contribution in [0.5, 0.6) is 0 Å². The molecule has 2 aliphatic rings.